The summed E-state index contributed by atoms with van der Waals surface area (Å²) in [6, 6.07) is -0.449. The predicted octanol–water partition coefficient (Wildman–Crippen LogP) is 0.580. The van der Waals surface area contributed by atoms with Gasteiger partial charge in [-0.15, -0.1) is 22.6 Å². The third-order valence-electron chi connectivity index (χ3n) is 2.17. The molecule has 1 unspecified atom stereocenters. The summed E-state index contributed by atoms with van der Waals surface area (Å²) in [7, 11) is 0. The summed E-state index contributed by atoms with van der Waals surface area (Å²) in [5.74, 6) is 0.687. The number of rotatable bonds is 1. The molecule has 2 heterocycles. The second-order valence-corrected chi connectivity index (χ2v) is 2.93. The first-order chi connectivity index (χ1) is 5.70. The Labute approximate surface area is 81.2 Å². The molecule has 1 N–H and O–H groups in total. The third-order valence-corrected chi connectivity index (χ3v) is 2.17. The maximum Gasteiger partial charge on any atom is 0.326 e. The molecule has 72 valence electrons. The highest BCUT2D eigenvalue weighted by molar-refractivity contribution is 5.85. The molecule has 1 aliphatic heterocycles. The summed E-state index contributed by atoms with van der Waals surface area (Å²) in [5.41, 5.74) is 0. The van der Waals surface area contributed by atoms with Gasteiger partial charge in [0.25, 0.3) is 0 Å². The highest BCUT2D eigenvalue weighted by atomic mass is 35.5. The van der Waals surface area contributed by atoms with Gasteiger partial charge in [0.05, 0.1) is 0 Å². The zero-order chi connectivity index (χ0) is 8.72. The second kappa shape index (κ2) is 3.33. The van der Waals surface area contributed by atoms with E-state index in [-0.39, 0.29) is 12.4 Å². The van der Waals surface area contributed by atoms with Gasteiger partial charge in [-0.3, -0.25) is 0 Å². The monoisotopic (exact) mass is 203 g/mol. The van der Waals surface area contributed by atoms with Crippen molar-refractivity contribution in [2.24, 2.45) is 0 Å². The van der Waals surface area contributed by atoms with Gasteiger partial charge in [-0.1, -0.05) is 0 Å². The second-order valence-electron chi connectivity index (χ2n) is 2.93. The molecule has 0 bridgehead atoms. The average molecular weight is 204 g/mol. The summed E-state index contributed by atoms with van der Waals surface area (Å²) in [6.07, 6.45) is 1.36. The van der Waals surface area contributed by atoms with Crippen LogP contribution >= 0.6 is 12.4 Å². The minimum Gasteiger partial charge on any atom is -0.480 e. The van der Waals surface area contributed by atoms with Crippen molar-refractivity contribution in [3.8, 4) is 0 Å². The van der Waals surface area contributed by atoms with Crippen LogP contribution < -0.4 is 0 Å². The molecular formula is C7H10ClN3O2. The van der Waals surface area contributed by atoms with Crippen molar-refractivity contribution in [2.75, 3.05) is 0 Å². The number of halogens is 1. The SMILES string of the molecule is Cc1nnc2n1C(C(=O)O)CC2.Cl. The summed E-state index contributed by atoms with van der Waals surface area (Å²) in [6.45, 7) is 1.78. The van der Waals surface area contributed by atoms with E-state index in [2.05, 4.69) is 10.2 Å². The molecule has 1 aliphatic rings. The zero-order valence-electron chi connectivity index (χ0n) is 7.10. The molecule has 6 heteroatoms. The van der Waals surface area contributed by atoms with Gasteiger partial charge in [0.2, 0.25) is 0 Å². The molecule has 0 fully saturated rings. The highest BCUT2D eigenvalue weighted by Gasteiger charge is 2.30. The Morgan fingerprint density at radius 1 is 1.62 bits per heavy atom. The number of nitrogens with zero attached hydrogens (tertiary/aromatic N) is 3. The van der Waals surface area contributed by atoms with Crippen LogP contribution in [0.4, 0.5) is 0 Å². The van der Waals surface area contributed by atoms with Crippen LogP contribution in [0.1, 0.15) is 24.1 Å². The summed E-state index contributed by atoms with van der Waals surface area (Å²) < 4.78 is 1.70. The first-order valence-electron chi connectivity index (χ1n) is 3.83. The molecule has 0 radical (unpaired) electrons. The van der Waals surface area contributed by atoms with E-state index in [4.69, 9.17) is 5.11 Å². The molecule has 0 spiro atoms. The summed E-state index contributed by atoms with van der Waals surface area (Å²) in [5, 5.41) is 16.5. The third kappa shape index (κ3) is 1.39. The van der Waals surface area contributed by atoms with E-state index in [0.717, 1.165) is 12.2 Å². The number of hydrogen-bond acceptors (Lipinski definition) is 3. The number of aromatic nitrogens is 3. The van der Waals surface area contributed by atoms with Crippen molar-refractivity contribution in [3.05, 3.63) is 11.6 Å². The van der Waals surface area contributed by atoms with Crippen LogP contribution in [-0.2, 0) is 11.2 Å². The van der Waals surface area contributed by atoms with E-state index in [9.17, 15) is 4.79 Å². The Morgan fingerprint density at radius 3 is 2.92 bits per heavy atom. The van der Waals surface area contributed by atoms with Crippen LogP contribution in [0.15, 0.2) is 0 Å². The molecule has 0 saturated heterocycles. The molecular weight excluding hydrogens is 194 g/mol. The number of carboxylic acid groups (broad SMARTS) is 1. The van der Waals surface area contributed by atoms with Gasteiger partial charge >= 0.3 is 5.97 Å². The van der Waals surface area contributed by atoms with Crippen LogP contribution in [0.3, 0.4) is 0 Å². The van der Waals surface area contributed by atoms with Crippen LogP contribution in [0.25, 0.3) is 0 Å². The standard InChI is InChI=1S/C7H9N3O2.ClH/c1-4-8-9-6-3-2-5(7(11)12)10(4)6;/h5H,2-3H2,1H3,(H,11,12);1H. The Balaban J connectivity index is 0.000000845. The fourth-order valence-electron chi connectivity index (χ4n) is 1.62. The van der Waals surface area contributed by atoms with E-state index in [1.807, 2.05) is 0 Å². The van der Waals surface area contributed by atoms with E-state index >= 15 is 0 Å². The topological polar surface area (TPSA) is 68.0 Å². The molecule has 13 heavy (non-hydrogen) atoms. The Morgan fingerprint density at radius 2 is 2.31 bits per heavy atom. The quantitative estimate of drug-likeness (QED) is 0.725. The summed E-state index contributed by atoms with van der Waals surface area (Å²) in [4.78, 5) is 10.7. The number of hydrogen-bond donors (Lipinski definition) is 1. The molecule has 1 atom stereocenters. The zero-order valence-corrected chi connectivity index (χ0v) is 7.91. The van der Waals surface area contributed by atoms with E-state index < -0.39 is 12.0 Å². The fourth-order valence-corrected chi connectivity index (χ4v) is 1.62. The van der Waals surface area contributed by atoms with Crippen molar-refractivity contribution in [1.82, 2.24) is 14.8 Å². The average Bonchev–Trinajstić information content (AvgIpc) is 2.53. The Bertz CT molecular complexity index is 336. The molecule has 1 aromatic rings. The van der Waals surface area contributed by atoms with Gasteiger partial charge in [-0.25, -0.2) is 4.79 Å². The normalized spacial score (nSPS) is 19.3. The number of aliphatic carboxylic acids is 1. The van der Waals surface area contributed by atoms with Gasteiger partial charge in [0, 0.05) is 6.42 Å². The van der Waals surface area contributed by atoms with Crippen LogP contribution in [0.2, 0.25) is 0 Å². The van der Waals surface area contributed by atoms with Crippen molar-refractivity contribution in [1.29, 1.82) is 0 Å². The van der Waals surface area contributed by atoms with Gasteiger partial charge in [0.1, 0.15) is 17.7 Å². The van der Waals surface area contributed by atoms with E-state index in [0.29, 0.717) is 12.2 Å². The molecule has 0 saturated carbocycles. The van der Waals surface area contributed by atoms with Gasteiger partial charge in [0.15, 0.2) is 0 Å². The molecule has 5 nitrogen and oxygen atoms in total. The summed E-state index contributed by atoms with van der Waals surface area (Å²) >= 11 is 0. The van der Waals surface area contributed by atoms with Crippen molar-refractivity contribution < 1.29 is 9.90 Å². The molecule has 0 amide bonds. The van der Waals surface area contributed by atoms with Gasteiger partial charge < -0.3 is 9.67 Å². The lowest BCUT2D eigenvalue weighted by Crippen LogP contribution is -2.16. The minimum atomic E-state index is -0.795. The number of carboxylic acids is 1. The molecule has 0 aromatic carbocycles. The number of aryl methyl sites for hydroxylation is 2. The van der Waals surface area contributed by atoms with E-state index in [1.54, 1.807) is 11.5 Å². The lowest BCUT2D eigenvalue weighted by molar-refractivity contribution is -0.140. The molecule has 0 aliphatic carbocycles. The maximum atomic E-state index is 10.7. The van der Waals surface area contributed by atoms with Crippen molar-refractivity contribution >= 4 is 18.4 Å². The maximum absolute atomic E-state index is 10.7. The largest absolute Gasteiger partial charge is 0.480 e. The smallest absolute Gasteiger partial charge is 0.326 e. The lowest BCUT2D eigenvalue weighted by atomic mass is 10.2. The van der Waals surface area contributed by atoms with Gasteiger partial charge in [-0.05, 0) is 13.3 Å². The first-order valence-corrected chi connectivity index (χ1v) is 3.83. The Hall–Kier alpha value is -1.10. The minimum absolute atomic E-state index is 0. The van der Waals surface area contributed by atoms with Gasteiger partial charge in [-0.2, -0.15) is 0 Å². The fraction of sp³-hybridized carbons (Fsp3) is 0.571. The van der Waals surface area contributed by atoms with Crippen molar-refractivity contribution in [3.63, 3.8) is 0 Å². The number of fused-ring (bicyclic) bond motifs is 1. The molecule has 2 rings (SSSR count). The van der Waals surface area contributed by atoms with Crippen molar-refractivity contribution in [2.45, 2.75) is 25.8 Å². The molecule has 1 aromatic heterocycles. The van der Waals surface area contributed by atoms with Crippen LogP contribution in [0, 0.1) is 6.92 Å². The lowest BCUT2D eigenvalue weighted by Gasteiger charge is -2.07. The first kappa shape index (κ1) is 9.98. The van der Waals surface area contributed by atoms with Crippen LogP contribution in [0.5, 0.6) is 0 Å². The highest BCUT2D eigenvalue weighted by Crippen LogP contribution is 2.25. The van der Waals surface area contributed by atoms with Crippen LogP contribution in [-0.4, -0.2) is 25.8 Å². The number of carbonyl (C=O) groups is 1. The Kier molecular flexibility index (Phi) is 2.56. The van der Waals surface area contributed by atoms with E-state index in [1.165, 1.54) is 0 Å². The predicted molar refractivity (Wildman–Crippen MR) is 47.0 cm³/mol.